The van der Waals surface area contributed by atoms with Gasteiger partial charge in [-0.05, 0) is 37.6 Å². The number of hydrogen-bond acceptors (Lipinski definition) is 5. The molecule has 0 radical (unpaired) electrons. The van der Waals surface area contributed by atoms with Gasteiger partial charge in [0.05, 0.1) is 11.5 Å². The lowest BCUT2D eigenvalue weighted by molar-refractivity contribution is -0.385. The first kappa shape index (κ1) is 14.1. The zero-order chi connectivity index (χ0) is 14.7. The fourth-order valence-electron chi connectivity index (χ4n) is 2.01. The Kier molecular flexibility index (Phi) is 4.05. The summed E-state index contributed by atoms with van der Waals surface area (Å²) in [5, 5.41) is 23.0. The van der Waals surface area contributed by atoms with Gasteiger partial charge in [0.25, 0.3) is 5.69 Å². The Morgan fingerprint density at radius 3 is 2.55 bits per heavy atom. The van der Waals surface area contributed by atoms with Crippen LogP contribution < -0.4 is 5.32 Å². The molecule has 0 aliphatic carbocycles. The highest BCUT2D eigenvalue weighted by atomic mass is 16.6. The largest absolute Gasteiger partial charge is 0.462 e. The van der Waals surface area contributed by atoms with Crippen molar-refractivity contribution in [2.24, 2.45) is 0 Å². The van der Waals surface area contributed by atoms with Gasteiger partial charge in [0.15, 0.2) is 0 Å². The summed E-state index contributed by atoms with van der Waals surface area (Å²) in [5.41, 5.74) is 2.36. The fraction of sp³-hybridized carbons (Fsp3) is 0.286. The van der Waals surface area contributed by atoms with E-state index in [0.29, 0.717) is 29.3 Å². The minimum Gasteiger partial charge on any atom is -0.462 e. The van der Waals surface area contributed by atoms with Crippen molar-refractivity contribution in [2.45, 2.75) is 27.0 Å². The third kappa shape index (κ3) is 2.97. The predicted octanol–water partition coefficient (Wildman–Crippen LogP) is 2.91. The van der Waals surface area contributed by atoms with Gasteiger partial charge in [-0.15, -0.1) is 0 Å². The molecule has 0 saturated carbocycles. The highest BCUT2D eigenvalue weighted by Gasteiger charge is 2.13. The van der Waals surface area contributed by atoms with Gasteiger partial charge in [-0.25, -0.2) is 0 Å². The van der Waals surface area contributed by atoms with Crippen LogP contribution in [0.1, 0.15) is 22.6 Å². The molecule has 1 aromatic heterocycles. The van der Waals surface area contributed by atoms with Crippen LogP contribution in [0.4, 0.5) is 11.4 Å². The molecule has 106 valence electrons. The number of rotatable bonds is 5. The molecule has 0 fully saturated rings. The van der Waals surface area contributed by atoms with E-state index in [2.05, 4.69) is 5.32 Å². The lowest BCUT2D eigenvalue weighted by atomic mass is 10.1. The number of nitro benzene ring substituents is 1. The quantitative estimate of drug-likeness (QED) is 0.647. The number of benzene rings is 1. The van der Waals surface area contributed by atoms with E-state index in [9.17, 15) is 10.1 Å². The van der Waals surface area contributed by atoms with Crippen LogP contribution in [0.15, 0.2) is 28.7 Å². The molecule has 20 heavy (non-hydrogen) atoms. The minimum absolute atomic E-state index is 0.0913. The van der Waals surface area contributed by atoms with E-state index in [1.54, 1.807) is 25.1 Å². The van der Waals surface area contributed by atoms with Crippen molar-refractivity contribution in [1.82, 2.24) is 0 Å². The van der Waals surface area contributed by atoms with Crippen LogP contribution in [0.3, 0.4) is 0 Å². The van der Waals surface area contributed by atoms with E-state index in [1.807, 2.05) is 6.92 Å². The van der Waals surface area contributed by atoms with E-state index in [-0.39, 0.29) is 12.3 Å². The van der Waals surface area contributed by atoms with Gasteiger partial charge in [-0.3, -0.25) is 10.1 Å². The summed E-state index contributed by atoms with van der Waals surface area (Å²) in [7, 11) is 0. The first-order valence-corrected chi connectivity index (χ1v) is 6.19. The summed E-state index contributed by atoms with van der Waals surface area (Å²) in [6.07, 6.45) is 0. The van der Waals surface area contributed by atoms with Crippen LogP contribution in [-0.2, 0) is 13.2 Å². The Labute approximate surface area is 116 Å². The van der Waals surface area contributed by atoms with Crippen molar-refractivity contribution in [2.75, 3.05) is 5.32 Å². The van der Waals surface area contributed by atoms with E-state index in [0.717, 1.165) is 5.56 Å². The number of nitrogens with zero attached hydrogens (tertiary/aromatic N) is 1. The molecule has 0 unspecified atom stereocenters. The molecule has 2 rings (SSSR count). The number of hydrogen-bond donors (Lipinski definition) is 2. The van der Waals surface area contributed by atoms with Crippen LogP contribution in [-0.4, -0.2) is 10.0 Å². The van der Waals surface area contributed by atoms with Crippen LogP contribution in [0.25, 0.3) is 0 Å². The molecule has 2 aromatic rings. The number of aliphatic hydroxyl groups excluding tert-OH is 1. The molecule has 0 bridgehead atoms. The molecule has 0 aliphatic rings. The number of aliphatic hydroxyl groups is 1. The van der Waals surface area contributed by atoms with Crippen molar-refractivity contribution in [3.05, 3.63) is 57.0 Å². The maximum absolute atomic E-state index is 10.9. The molecule has 1 heterocycles. The first-order valence-electron chi connectivity index (χ1n) is 6.19. The Morgan fingerprint density at radius 2 is 1.95 bits per heavy atom. The SMILES string of the molecule is Cc1cc(C)c([N+](=O)[O-])cc1NCc1ccc(CO)o1. The van der Waals surface area contributed by atoms with Gasteiger partial charge in [0.2, 0.25) is 0 Å². The summed E-state index contributed by atoms with van der Waals surface area (Å²) in [5.74, 6) is 1.16. The second kappa shape index (κ2) is 5.75. The van der Waals surface area contributed by atoms with Crippen LogP contribution in [0.5, 0.6) is 0 Å². The maximum Gasteiger partial charge on any atom is 0.274 e. The number of anilines is 1. The molecule has 0 atom stereocenters. The molecule has 2 N–H and O–H groups in total. The van der Waals surface area contributed by atoms with Crippen molar-refractivity contribution in [1.29, 1.82) is 0 Å². The van der Waals surface area contributed by atoms with Crippen LogP contribution in [0.2, 0.25) is 0 Å². The zero-order valence-corrected chi connectivity index (χ0v) is 11.3. The van der Waals surface area contributed by atoms with Gasteiger partial charge in [0, 0.05) is 17.3 Å². The average molecular weight is 276 g/mol. The first-order chi connectivity index (χ1) is 9.51. The predicted molar refractivity (Wildman–Crippen MR) is 74.5 cm³/mol. The Hall–Kier alpha value is -2.34. The topological polar surface area (TPSA) is 88.5 Å². The summed E-state index contributed by atoms with van der Waals surface area (Å²) in [4.78, 5) is 10.5. The van der Waals surface area contributed by atoms with E-state index < -0.39 is 4.92 Å². The average Bonchev–Trinajstić information content (AvgIpc) is 2.85. The van der Waals surface area contributed by atoms with Crippen molar-refractivity contribution in [3.8, 4) is 0 Å². The molecule has 0 aliphatic heterocycles. The normalized spacial score (nSPS) is 10.6. The smallest absolute Gasteiger partial charge is 0.274 e. The summed E-state index contributed by atoms with van der Waals surface area (Å²) in [6.45, 7) is 3.87. The van der Waals surface area contributed by atoms with Crippen LogP contribution in [0, 0.1) is 24.0 Å². The Bertz CT molecular complexity index is 634. The maximum atomic E-state index is 10.9. The standard InChI is InChI=1S/C14H16N2O4/c1-9-5-10(2)14(16(18)19)6-13(9)15-7-11-3-4-12(8-17)20-11/h3-6,15,17H,7-8H2,1-2H3. The minimum atomic E-state index is -0.392. The molecule has 6 nitrogen and oxygen atoms in total. The zero-order valence-electron chi connectivity index (χ0n) is 11.3. The highest BCUT2D eigenvalue weighted by Crippen LogP contribution is 2.26. The Balaban J connectivity index is 2.16. The van der Waals surface area contributed by atoms with Gasteiger partial charge in [0.1, 0.15) is 18.1 Å². The van der Waals surface area contributed by atoms with Gasteiger partial charge >= 0.3 is 0 Å². The van der Waals surface area contributed by atoms with Crippen LogP contribution >= 0.6 is 0 Å². The van der Waals surface area contributed by atoms with E-state index in [1.165, 1.54) is 6.07 Å². The fourth-order valence-corrected chi connectivity index (χ4v) is 2.01. The molecule has 6 heteroatoms. The van der Waals surface area contributed by atoms with E-state index >= 15 is 0 Å². The summed E-state index contributed by atoms with van der Waals surface area (Å²) < 4.78 is 5.35. The second-order valence-corrected chi connectivity index (χ2v) is 4.59. The molecule has 0 saturated heterocycles. The Morgan fingerprint density at radius 1 is 1.25 bits per heavy atom. The molecule has 0 amide bonds. The summed E-state index contributed by atoms with van der Waals surface area (Å²) in [6, 6.07) is 6.76. The number of nitro groups is 1. The lowest BCUT2D eigenvalue weighted by Crippen LogP contribution is -2.02. The van der Waals surface area contributed by atoms with Crippen molar-refractivity contribution in [3.63, 3.8) is 0 Å². The highest BCUT2D eigenvalue weighted by molar-refractivity contribution is 5.60. The molecular formula is C14H16N2O4. The second-order valence-electron chi connectivity index (χ2n) is 4.59. The third-order valence-electron chi connectivity index (χ3n) is 3.07. The number of furan rings is 1. The molecular weight excluding hydrogens is 260 g/mol. The molecule has 1 aromatic carbocycles. The van der Waals surface area contributed by atoms with Gasteiger partial charge < -0.3 is 14.8 Å². The third-order valence-corrected chi connectivity index (χ3v) is 3.07. The van der Waals surface area contributed by atoms with E-state index in [4.69, 9.17) is 9.52 Å². The monoisotopic (exact) mass is 276 g/mol. The number of nitrogens with one attached hydrogen (secondary N) is 1. The number of aryl methyl sites for hydroxylation is 2. The van der Waals surface area contributed by atoms with Gasteiger partial charge in [-0.1, -0.05) is 0 Å². The molecule has 0 spiro atoms. The van der Waals surface area contributed by atoms with Gasteiger partial charge in [-0.2, -0.15) is 0 Å². The van der Waals surface area contributed by atoms with Crippen molar-refractivity contribution >= 4 is 11.4 Å². The summed E-state index contributed by atoms with van der Waals surface area (Å²) >= 11 is 0. The van der Waals surface area contributed by atoms with Crippen molar-refractivity contribution < 1.29 is 14.4 Å². The lowest BCUT2D eigenvalue weighted by Gasteiger charge is -2.09.